The lowest BCUT2D eigenvalue weighted by atomic mass is 10.1. The number of nitrogens with zero attached hydrogens (tertiary/aromatic N) is 1. The quantitative estimate of drug-likeness (QED) is 0.828. The zero-order chi connectivity index (χ0) is 14.5. The van der Waals surface area contributed by atoms with Crippen LogP contribution in [0.15, 0.2) is 24.3 Å². The van der Waals surface area contributed by atoms with E-state index in [1.165, 1.54) is 4.90 Å². The molecule has 0 radical (unpaired) electrons. The number of amides is 3. The molecule has 1 fully saturated rings. The Bertz CT molecular complexity index is 531. The molecule has 7 heteroatoms. The van der Waals surface area contributed by atoms with Gasteiger partial charge in [-0.1, -0.05) is 23.9 Å². The molecule has 6 nitrogen and oxygen atoms in total. The molecule has 1 aliphatic rings. The van der Waals surface area contributed by atoms with Crippen molar-refractivity contribution in [2.45, 2.75) is 6.54 Å². The van der Waals surface area contributed by atoms with Crippen molar-refractivity contribution >= 4 is 28.8 Å². The normalized spacial score (nSPS) is 14.8. The third-order valence-corrected chi connectivity index (χ3v) is 3.66. The highest BCUT2D eigenvalue weighted by atomic mass is 32.2. The summed E-state index contributed by atoms with van der Waals surface area (Å²) in [7, 11) is 0. The standard InChI is InChI=1S/C13H15N3O3S/c14-4-5-15-12(18)10-3-1-2-9(6-10)7-16-11(17)8-20-13(16)19/h1-3,6H,4-5,7-8,14H2,(H,15,18). The molecule has 0 bridgehead atoms. The van der Waals surface area contributed by atoms with Crippen molar-refractivity contribution in [2.75, 3.05) is 18.8 Å². The number of imide groups is 1. The highest BCUT2D eigenvalue weighted by Gasteiger charge is 2.29. The minimum Gasteiger partial charge on any atom is -0.351 e. The van der Waals surface area contributed by atoms with Crippen molar-refractivity contribution in [1.29, 1.82) is 0 Å². The smallest absolute Gasteiger partial charge is 0.289 e. The first-order chi connectivity index (χ1) is 9.61. The van der Waals surface area contributed by atoms with E-state index in [1.807, 2.05) is 0 Å². The molecule has 2 rings (SSSR count). The van der Waals surface area contributed by atoms with Crippen LogP contribution in [0.2, 0.25) is 0 Å². The van der Waals surface area contributed by atoms with Gasteiger partial charge in [0.05, 0.1) is 12.3 Å². The maximum Gasteiger partial charge on any atom is 0.289 e. The maximum atomic E-state index is 11.8. The summed E-state index contributed by atoms with van der Waals surface area (Å²) in [5, 5.41) is 2.43. The largest absolute Gasteiger partial charge is 0.351 e. The average Bonchev–Trinajstić information content (AvgIpc) is 2.77. The van der Waals surface area contributed by atoms with E-state index in [1.54, 1.807) is 24.3 Å². The van der Waals surface area contributed by atoms with Crippen LogP contribution < -0.4 is 11.1 Å². The van der Waals surface area contributed by atoms with Crippen molar-refractivity contribution < 1.29 is 14.4 Å². The van der Waals surface area contributed by atoms with E-state index in [-0.39, 0.29) is 29.4 Å². The van der Waals surface area contributed by atoms with Crippen LogP contribution in [0.4, 0.5) is 4.79 Å². The van der Waals surface area contributed by atoms with Crippen molar-refractivity contribution in [3.8, 4) is 0 Å². The van der Waals surface area contributed by atoms with Crippen LogP contribution in [0.5, 0.6) is 0 Å². The Balaban J connectivity index is 2.08. The number of rotatable bonds is 5. The number of benzene rings is 1. The number of thioether (sulfide) groups is 1. The molecule has 1 aliphatic heterocycles. The van der Waals surface area contributed by atoms with E-state index < -0.39 is 0 Å². The first kappa shape index (κ1) is 14.5. The molecule has 0 spiro atoms. The second-order valence-electron chi connectivity index (χ2n) is 4.28. The molecule has 1 aromatic carbocycles. The molecular formula is C13H15N3O3S. The lowest BCUT2D eigenvalue weighted by Gasteiger charge is -2.13. The zero-order valence-electron chi connectivity index (χ0n) is 10.8. The Hall–Kier alpha value is -1.86. The first-order valence-electron chi connectivity index (χ1n) is 6.16. The van der Waals surface area contributed by atoms with E-state index in [9.17, 15) is 14.4 Å². The summed E-state index contributed by atoms with van der Waals surface area (Å²) in [6, 6.07) is 6.86. The van der Waals surface area contributed by atoms with Gasteiger partial charge in [0.25, 0.3) is 11.1 Å². The van der Waals surface area contributed by atoms with E-state index in [4.69, 9.17) is 5.73 Å². The predicted octanol–water partition coefficient (Wildman–Crippen LogP) is 0.571. The highest BCUT2D eigenvalue weighted by Crippen LogP contribution is 2.21. The monoisotopic (exact) mass is 293 g/mol. The van der Waals surface area contributed by atoms with Gasteiger partial charge in [-0.25, -0.2) is 0 Å². The van der Waals surface area contributed by atoms with Crippen molar-refractivity contribution in [2.24, 2.45) is 5.73 Å². The Kier molecular flexibility index (Phi) is 4.75. The molecule has 0 saturated carbocycles. The molecule has 106 valence electrons. The summed E-state index contributed by atoms with van der Waals surface area (Å²) in [6.45, 7) is 0.977. The average molecular weight is 293 g/mol. The molecule has 1 aromatic rings. The van der Waals surface area contributed by atoms with Gasteiger partial charge in [0.1, 0.15) is 0 Å². The number of nitrogens with one attached hydrogen (secondary N) is 1. The van der Waals surface area contributed by atoms with Gasteiger partial charge in [0.15, 0.2) is 0 Å². The molecule has 0 aromatic heterocycles. The number of hydrogen-bond acceptors (Lipinski definition) is 5. The van der Waals surface area contributed by atoms with Gasteiger partial charge in [-0.3, -0.25) is 19.3 Å². The summed E-state index contributed by atoms with van der Waals surface area (Å²) in [5.41, 5.74) is 6.56. The molecule has 1 saturated heterocycles. The number of hydrogen-bond donors (Lipinski definition) is 2. The Morgan fingerprint density at radius 3 is 2.85 bits per heavy atom. The van der Waals surface area contributed by atoms with Crippen LogP contribution >= 0.6 is 11.8 Å². The summed E-state index contributed by atoms with van der Waals surface area (Å²) in [6.07, 6.45) is 0. The number of nitrogens with two attached hydrogens (primary N) is 1. The highest BCUT2D eigenvalue weighted by molar-refractivity contribution is 8.14. The minimum atomic E-state index is -0.243. The molecule has 0 aliphatic carbocycles. The first-order valence-corrected chi connectivity index (χ1v) is 7.14. The summed E-state index contributed by atoms with van der Waals surface area (Å²) in [4.78, 5) is 36.1. The van der Waals surface area contributed by atoms with E-state index >= 15 is 0 Å². The van der Waals surface area contributed by atoms with Crippen LogP contribution in [0, 0.1) is 0 Å². The second-order valence-corrected chi connectivity index (χ2v) is 5.21. The fourth-order valence-corrected chi connectivity index (χ4v) is 2.54. The van der Waals surface area contributed by atoms with Gasteiger partial charge >= 0.3 is 0 Å². The lowest BCUT2D eigenvalue weighted by molar-refractivity contribution is -0.125. The van der Waals surface area contributed by atoms with E-state index in [0.29, 0.717) is 18.7 Å². The van der Waals surface area contributed by atoms with Crippen molar-refractivity contribution in [3.05, 3.63) is 35.4 Å². The van der Waals surface area contributed by atoms with Crippen LogP contribution in [0.25, 0.3) is 0 Å². The summed E-state index contributed by atoms with van der Waals surface area (Å²) in [5.74, 6) is -0.223. The fourth-order valence-electron chi connectivity index (χ4n) is 1.82. The van der Waals surface area contributed by atoms with Crippen LogP contribution in [0.3, 0.4) is 0 Å². The molecule has 3 N–H and O–H groups in total. The Morgan fingerprint density at radius 2 is 2.20 bits per heavy atom. The van der Waals surface area contributed by atoms with Gasteiger partial charge in [-0.2, -0.15) is 0 Å². The number of carbonyl (C=O) groups excluding carboxylic acids is 3. The Labute approximate surface area is 120 Å². The number of carbonyl (C=O) groups is 3. The molecule has 0 unspecified atom stereocenters. The third kappa shape index (κ3) is 3.37. The molecule has 3 amide bonds. The molecule has 20 heavy (non-hydrogen) atoms. The second kappa shape index (κ2) is 6.53. The van der Waals surface area contributed by atoms with E-state index in [0.717, 1.165) is 17.3 Å². The van der Waals surface area contributed by atoms with Crippen molar-refractivity contribution in [3.63, 3.8) is 0 Å². The topological polar surface area (TPSA) is 92.5 Å². The SMILES string of the molecule is NCCNC(=O)c1cccc(CN2C(=O)CSC2=O)c1. The van der Waals surface area contributed by atoms with Crippen molar-refractivity contribution in [1.82, 2.24) is 10.2 Å². The lowest BCUT2D eigenvalue weighted by Crippen LogP contribution is -2.30. The maximum absolute atomic E-state index is 11.8. The fraction of sp³-hybridized carbons (Fsp3) is 0.308. The van der Waals surface area contributed by atoms with Gasteiger partial charge in [-0.05, 0) is 17.7 Å². The molecular weight excluding hydrogens is 278 g/mol. The predicted molar refractivity (Wildman–Crippen MR) is 76.2 cm³/mol. The van der Waals surface area contributed by atoms with Gasteiger partial charge in [-0.15, -0.1) is 0 Å². The van der Waals surface area contributed by atoms with Gasteiger partial charge in [0, 0.05) is 18.7 Å². The third-order valence-electron chi connectivity index (χ3n) is 2.80. The van der Waals surface area contributed by atoms with Crippen LogP contribution in [0.1, 0.15) is 15.9 Å². The minimum absolute atomic E-state index is 0.190. The molecule has 1 heterocycles. The Morgan fingerprint density at radius 1 is 1.40 bits per heavy atom. The van der Waals surface area contributed by atoms with Gasteiger partial charge < -0.3 is 11.1 Å². The van der Waals surface area contributed by atoms with Crippen LogP contribution in [-0.4, -0.2) is 40.8 Å². The molecule has 0 atom stereocenters. The zero-order valence-corrected chi connectivity index (χ0v) is 11.6. The van der Waals surface area contributed by atoms with E-state index in [2.05, 4.69) is 5.32 Å². The summed E-state index contributed by atoms with van der Waals surface area (Å²) >= 11 is 0.999. The van der Waals surface area contributed by atoms with Gasteiger partial charge in [0.2, 0.25) is 5.91 Å². The van der Waals surface area contributed by atoms with Crippen LogP contribution in [-0.2, 0) is 11.3 Å². The summed E-state index contributed by atoms with van der Waals surface area (Å²) < 4.78 is 0.